The number of aryl methyl sites for hydroxylation is 2. The first-order valence-electron chi connectivity index (χ1n) is 8.94. The third-order valence-corrected chi connectivity index (χ3v) is 5.24. The minimum atomic E-state index is -0.242. The van der Waals surface area contributed by atoms with Crippen LogP contribution in [-0.4, -0.2) is 20.4 Å². The second kappa shape index (κ2) is 7.32. The highest BCUT2D eigenvalue weighted by molar-refractivity contribution is 7.13. The van der Waals surface area contributed by atoms with E-state index < -0.39 is 0 Å². The zero-order valence-corrected chi connectivity index (χ0v) is 16.1. The third kappa shape index (κ3) is 3.48. The molecule has 0 atom stereocenters. The summed E-state index contributed by atoms with van der Waals surface area (Å²) in [5, 5.41) is 6.65. The van der Waals surface area contributed by atoms with Gasteiger partial charge in [-0.2, -0.15) is 0 Å². The topological polar surface area (TPSA) is 59.8 Å². The number of thiazole rings is 1. The van der Waals surface area contributed by atoms with E-state index in [9.17, 15) is 4.79 Å². The van der Waals surface area contributed by atoms with Crippen LogP contribution in [0.2, 0.25) is 0 Å². The van der Waals surface area contributed by atoms with E-state index in [1.54, 1.807) is 11.6 Å². The van der Waals surface area contributed by atoms with Crippen LogP contribution in [0, 0.1) is 6.92 Å². The van der Waals surface area contributed by atoms with Crippen LogP contribution in [0.3, 0.4) is 0 Å². The maximum absolute atomic E-state index is 12.5. The normalized spacial score (nSPS) is 11.0. The molecule has 3 heterocycles. The number of anilines is 1. The Kier molecular flexibility index (Phi) is 4.73. The van der Waals surface area contributed by atoms with Crippen molar-refractivity contribution in [1.82, 2.24) is 14.5 Å². The molecule has 0 fully saturated rings. The lowest BCUT2D eigenvalue weighted by molar-refractivity contribution is 0.102. The number of carbonyl (C=O) groups is 1. The highest BCUT2D eigenvalue weighted by atomic mass is 32.1. The number of aromatic nitrogens is 3. The van der Waals surface area contributed by atoms with Crippen molar-refractivity contribution in [1.29, 1.82) is 0 Å². The highest BCUT2D eigenvalue weighted by Gasteiger charge is 2.16. The Morgan fingerprint density at radius 2 is 2.07 bits per heavy atom. The van der Waals surface area contributed by atoms with Crippen molar-refractivity contribution in [2.75, 3.05) is 5.32 Å². The number of rotatable bonds is 5. The molecule has 4 rings (SSSR count). The fraction of sp³-hybridized carbons (Fsp3) is 0.190. The van der Waals surface area contributed by atoms with Gasteiger partial charge in [-0.1, -0.05) is 25.1 Å². The van der Waals surface area contributed by atoms with Gasteiger partial charge in [0.25, 0.3) is 5.91 Å². The first-order valence-corrected chi connectivity index (χ1v) is 9.82. The predicted octanol–water partition coefficient (Wildman–Crippen LogP) is 5.13. The molecule has 136 valence electrons. The molecule has 0 saturated carbocycles. The largest absolute Gasteiger partial charge is 0.339 e. The number of nitrogens with one attached hydrogen (secondary N) is 1. The molecule has 5 nitrogen and oxygen atoms in total. The second-order valence-corrected chi connectivity index (χ2v) is 7.31. The molecular weight excluding hydrogens is 356 g/mol. The molecule has 27 heavy (non-hydrogen) atoms. The molecule has 1 amide bonds. The molecule has 0 aliphatic carbocycles. The molecule has 1 aromatic carbocycles. The summed E-state index contributed by atoms with van der Waals surface area (Å²) < 4.78 is 2.28. The van der Waals surface area contributed by atoms with Gasteiger partial charge in [-0.3, -0.25) is 4.79 Å². The average molecular weight is 376 g/mol. The molecule has 0 unspecified atom stereocenters. The number of fused-ring (bicyclic) bond motifs is 1. The van der Waals surface area contributed by atoms with Gasteiger partial charge in [0.05, 0.1) is 5.69 Å². The SMILES string of the molecule is CCCn1c(-c2nc(C(=O)Nc3cc(C)ccn3)cs2)cc2ccccc21. The van der Waals surface area contributed by atoms with Crippen molar-refractivity contribution >= 4 is 34.0 Å². The van der Waals surface area contributed by atoms with Crippen LogP contribution >= 0.6 is 11.3 Å². The molecule has 4 aromatic rings. The summed E-state index contributed by atoms with van der Waals surface area (Å²) in [6.45, 7) is 5.04. The molecule has 0 saturated heterocycles. The number of pyridine rings is 1. The lowest BCUT2D eigenvalue weighted by Crippen LogP contribution is -2.13. The van der Waals surface area contributed by atoms with E-state index in [0.717, 1.165) is 29.2 Å². The molecule has 0 aliphatic heterocycles. The van der Waals surface area contributed by atoms with Crippen molar-refractivity contribution in [3.05, 3.63) is 65.3 Å². The average Bonchev–Trinajstić information content (AvgIpc) is 3.27. The Labute approximate surface area is 161 Å². The van der Waals surface area contributed by atoms with Crippen LogP contribution in [0.4, 0.5) is 5.82 Å². The predicted molar refractivity (Wildman–Crippen MR) is 110 cm³/mol. The van der Waals surface area contributed by atoms with Gasteiger partial charge in [-0.05, 0) is 43.2 Å². The third-order valence-electron chi connectivity index (χ3n) is 4.37. The highest BCUT2D eigenvalue weighted by Crippen LogP contribution is 2.31. The summed E-state index contributed by atoms with van der Waals surface area (Å²) in [5.74, 6) is 0.295. The number of benzene rings is 1. The van der Waals surface area contributed by atoms with Crippen LogP contribution in [0.25, 0.3) is 21.6 Å². The van der Waals surface area contributed by atoms with Crippen molar-refractivity contribution in [3.63, 3.8) is 0 Å². The molecule has 3 aromatic heterocycles. The van der Waals surface area contributed by atoms with E-state index in [1.807, 2.05) is 31.2 Å². The summed E-state index contributed by atoms with van der Waals surface area (Å²) in [4.78, 5) is 21.3. The maximum Gasteiger partial charge on any atom is 0.276 e. The summed E-state index contributed by atoms with van der Waals surface area (Å²) >= 11 is 1.49. The Hall–Kier alpha value is -2.99. The first kappa shape index (κ1) is 17.4. The van der Waals surface area contributed by atoms with E-state index in [1.165, 1.54) is 22.2 Å². The Bertz CT molecular complexity index is 1110. The summed E-state index contributed by atoms with van der Waals surface area (Å²) in [6.07, 6.45) is 2.71. The van der Waals surface area contributed by atoms with E-state index in [4.69, 9.17) is 0 Å². The summed E-state index contributed by atoms with van der Waals surface area (Å²) in [6, 6.07) is 14.2. The zero-order chi connectivity index (χ0) is 18.8. The van der Waals surface area contributed by atoms with Crippen molar-refractivity contribution in [2.24, 2.45) is 0 Å². The minimum absolute atomic E-state index is 0.242. The van der Waals surface area contributed by atoms with E-state index in [0.29, 0.717) is 11.5 Å². The van der Waals surface area contributed by atoms with Gasteiger partial charge < -0.3 is 9.88 Å². The van der Waals surface area contributed by atoms with Gasteiger partial charge in [0.2, 0.25) is 0 Å². The standard InChI is InChI=1S/C21H20N4OS/c1-3-10-25-17-7-5-4-6-15(17)12-18(25)21-23-16(13-27-21)20(26)24-19-11-14(2)8-9-22-19/h4-9,11-13H,3,10H2,1-2H3,(H,22,24,26). The molecule has 6 heteroatoms. The van der Waals surface area contributed by atoms with Crippen molar-refractivity contribution in [2.45, 2.75) is 26.8 Å². The summed E-state index contributed by atoms with van der Waals surface area (Å²) in [5.41, 5.74) is 3.70. The Morgan fingerprint density at radius 3 is 2.89 bits per heavy atom. The summed E-state index contributed by atoms with van der Waals surface area (Å²) in [7, 11) is 0. The number of para-hydroxylation sites is 1. The lowest BCUT2D eigenvalue weighted by Gasteiger charge is -2.07. The first-order chi connectivity index (χ1) is 13.2. The minimum Gasteiger partial charge on any atom is -0.339 e. The van der Waals surface area contributed by atoms with Crippen LogP contribution in [0.1, 0.15) is 29.4 Å². The number of hydrogen-bond acceptors (Lipinski definition) is 4. The van der Waals surface area contributed by atoms with Gasteiger partial charge in [-0.25, -0.2) is 9.97 Å². The second-order valence-electron chi connectivity index (χ2n) is 6.45. The fourth-order valence-electron chi connectivity index (χ4n) is 3.13. The van der Waals surface area contributed by atoms with E-state index >= 15 is 0 Å². The lowest BCUT2D eigenvalue weighted by atomic mass is 10.2. The van der Waals surface area contributed by atoms with Crippen LogP contribution in [0.5, 0.6) is 0 Å². The van der Waals surface area contributed by atoms with E-state index in [-0.39, 0.29) is 5.91 Å². The zero-order valence-electron chi connectivity index (χ0n) is 15.3. The number of amides is 1. The molecule has 0 spiro atoms. The van der Waals surface area contributed by atoms with Gasteiger partial charge >= 0.3 is 0 Å². The molecule has 1 N–H and O–H groups in total. The smallest absolute Gasteiger partial charge is 0.276 e. The van der Waals surface area contributed by atoms with Gasteiger partial charge in [0, 0.05) is 29.0 Å². The number of carbonyl (C=O) groups excluding carboxylic acids is 1. The fourth-order valence-corrected chi connectivity index (χ4v) is 3.96. The maximum atomic E-state index is 12.5. The van der Waals surface area contributed by atoms with Crippen LogP contribution < -0.4 is 5.32 Å². The van der Waals surface area contributed by atoms with Gasteiger partial charge in [-0.15, -0.1) is 11.3 Å². The molecule has 0 bridgehead atoms. The monoisotopic (exact) mass is 376 g/mol. The van der Waals surface area contributed by atoms with Crippen molar-refractivity contribution < 1.29 is 4.79 Å². The van der Waals surface area contributed by atoms with Gasteiger partial charge in [0.15, 0.2) is 0 Å². The molecular formula is C21H20N4OS. The Balaban J connectivity index is 1.65. The van der Waals surface area contributed by atoms with E-state index in [2.05, 4.69) is 45.0 Å². The quantitative estimate of drug-likeness (QED) is 0.525. The number of nitrogens with zero attached hydrogens (tertiary/aromatic N) is 3. The molecule has 0 aliphatic rings. The van der Waals surface area contributed by atoms with Crippen LogP contribution in [-0.2, 0) is 6.54 Å². The number of hydrogen-bond donors (Lipinski definition) is 1. The molecule has 0 radical (unpaired) electrons. The van der Waals surface area contributed by atoms with Gasteiger partial charge in [0.1, 0.15) is 16.5 Å². The Morgan fingerprint density at radius 1 is 1.22 bits per heavy atom. The van der Waals surface area contributed by atoms with Crippen molar-refractivity contribution in [3.8, 4) is 10.7 Å². The van der Waals surface area contributed by atoms with Crippen LogP contribution in [0.15, 0.2) is 54.0 Å².